The monoisotopic (exact) mass is 547 g/mol. The standard InChI is InChI=1S/C22H23F6N7O3/c1-12(32-16-9-31-33-18(36)17(16)22(26,27)28)3-2-6-38-20(37)34-10-14-4-5-15(11-34)35(14)19-29-7-13(8-30-19)21(23,24)25/h2-3,7-9,12,14-15H,4-6,10-11H2,1H3,(H2,32,33,36)/b3-2+. The highest BCUT2D eigenvalue weighted by Crippen LogP contribution is 2.35. The summed E-state index contributed by atoms with van der Waals surface area (Å²) in [5.41, 5.74) is -4.19. The maximum Gasteiger partial charge on any atom is 0.423 e. The number of nitrogens with zero attached hydrogens (tertiary/aromatic N) is 5. The first kappa shape index (κ1) is 27.2. The molecule has 4 rings (SSSR count). The van der Waals surface area contributed by atoms with Gasteiger partial charge in [-0.2, -0.15) is 31.4 Å². The summed E-state index contributed by atoms with van der Waals surface area (Å²) in [4.78, 5) is 35.2. The molecule has 206 valence electrons. The number of aromatic nitrogens is 4. The minimum absolute atomic E-state index is 0.151. The quantitative estimate of drug-likeness (QED) is 0.418. The minimum Gasteiger partial charge on any atom is -0.445 e. The normalized spacial score (nSPS) is 20.6. The van der Waals surface area contributed by atoms with E-state index in [0.717, 1.165) is 18.6 Å². The summed E-state index contributed by atoms with van der Waals surface area (Å²) in [6.45, 7) is 1.94. The first-order chi connectivity index (χ1) is 17.8. The van der Waals surface area contributed by atoms with E-state index >= 15 is 0 Å². The Labute approximate surface area is 211 Å². The van der Waals surface area contributed by atoms with E-state index in [0.29, 0.717) is 12.8 Å². The number of aromatic amines is 1. The van der Waals surface area contributed by atoms with Crippen molar-refractivity contribution in [2.45, 2.75) is 50.2 Å². The van der Waals surface area contributed by atoms with Crippen molar-refractivity contribution >= 4 is 17.7 Å². The second kappa shape index (κ2) is 10.5. The summed E-state index contributed by atoms with van der Waals surface area (Å²) in [5, 5.41) is 7.67. The van der Waals surface area contributed by atoms with E-state index in [4.69, 9.17) is 4.74 Å². The number of hydrogen-bond acceptors (Lipinski definition) is 8. The zero-order chi connectivity index (χ0) is 27.7. The number of anilines is 2. The molecule has 2 aliphatic rings. The van der Waals surface area contributed by atoms with Gasteiger partial charge in [-0.15, -0.1) is 0 Å². The van der Waals surface area contributed by atoms with Crippen molar-refractivity contribution in [1.82, 2.24) is 25.1 Å². The van der Waals surface area contributed by atoms with Gasteiger partial charge >= 0.3 is 18.4 Å². The van der Waals surface area contributed by atoms with Gasteiger partial charge in [0.25, 0.3) is 5.56 Å². The van der Waals surface area contributed by atoms with Crippen LogP contribution in [0.1, 0.15) is 30.9 Å². The second-order valence-electron chi connectivity index (χ2n) is 8.89. The summed E-state index contributed by atoms with van der Waals surface area (Å²) in [6, 6.07) is -1.01. The fourth-order valence-corrected chi connectivity index (χ4v) is 4.53. The largest absolute Gasteiger partial charge is 0.445 e. The number of nitrogens with one attached hydrogen (secondary N) is 2. The molecule has 2 aliphatic heterocycles. The Morgan fingerprint density at radius 1 is 1.13 bits per heavy atom. The summed E-state index contributed by atoms with van der Waals surface area (Å²) in [5.74, 6) is 0.173. The molecule has 16 heteroatoms. The van der Waals surface area contributed by atoms with Crippen LogP contribution in [0, 0.1) is 0 Å². The molecule has 1 amide bonds. The molecule has 2 N–H and O–H groups in total. The first-order valence-corrected chi connectivity index (χ1v) is 11.5. The van der Waals surface area contributed by atoms with Crippen molar-refractivity contribution in [3.05, 3.63) is 52.2 Å². The molecule has 2 fully saturated rings. The zero-order valence-electron chi connectivity index (χ0n) is 19.9. The van der Waals surface area contributed by atoms with E-state index in [1.54, 1.807) is 12.0 Å². The predicted molar refractivity (Wildman–Crippen MR) is 121 cm³/mol. The van der Waals surface area contributed by atoms with Crippen LogP contribution >= 0.6 is 0 Å². The van der Waals surface area contributed by atoms with Crippen LogP contribution in [0.2, 0.25) is 0 Å². The molecule has 2 bridgehead atoms. The summed E-state index contributed by atoms with van der Waals surface area (Å²) < 4.78 is 83.1. The number of H-pyrrole nitrogens is 1. The number of piperazine rings is 1. The van der Waals surface area contributed by atoms with Gasteiger partial charge in [-0.3, -0.25) is 4.79 Å². The third-order valence-corrected chi connectivity index (χ3v) is 6.19. The Morgan fingerprint density at radius 3 is 2.34 bits per heavy atom. The van der Waals surface area contributed by atoms with Gasteiger partial charge in [0, 0.05) is 31.5 Å². The van der Waals surface area contributed by atoms with Gasteiger partial charge in [0.15, 0.2) is 0 Å². The van der Waals surface area contributed by atoms with E-state index in [1.165, 1.54) is 17.1 Å². The van der Waals surface area contributed by atoms with Crippen LogP contribution in [0.25, 0.3) is 0 Å². The Balaban J connectivity index is 1.29. The molecule has 4 heterocycles. The highest BCUT2D eigenvalue weighted by atomic mass is 19.4. The maximum absolute atomic E-state index is 13.2. The van der Waals surface area contributed by atoms with Gasteiger partial charge in [-0.25, -0.2) is 19.9 Å². The fourth-order valence-electron chi connectivity index (χ4n) is 4.53. The first-order valence-electron chi connectivity index (χ1n) is 11.5. The van der Waals surface area contributed by atoms with Crippen molar-refractivity contribution < 1.29 is 35.9 Å². The van der Waals surface area contributed by atoms with Crippen LogP contribution < -0.4 is 15.8 Å². The van der Waals surface area contributed by atoms with Crippen LogP contribution in [-0.4, -0.2) is 69.0 Å². The summed E-state index contributed by atoms with van der Waals surface area (Å²) in [7, 11) is 0. The lowest BCUT2D eigenvalue weighted by Crippen LogP contribution is -2.56. The van der Waals surface area contributed by atoms with Crippen LogP contribution in [0.15, 0.2) is 35.5 Å². The number of likely N-dealkylation sites (tertiary alicyclic amines) is 1. The van der Waals surface area contributed by atoms with Crippen LogP contribution in [0.4, 0.5) is 42.8 Å². The fraction of sp³-hybridized carbons (Fsp3) is 0.500. The number of fused-ring (bicyclic) bond motifs is 2. The predicted octanol–water partition coefficient (Wildman–Crippen LogP) is 3.44. The van der Waals surface area contributed by atoms with E-state index in [-0.39, 0.29) is 37.7 Å². The Bertz CT molecular complexity index is 1220. The molecule has 2 aromatic heterocycles. The number of hydrogen-bond donors (Lipinski definition) is 2. The van der Waals surface area contributed by atoms with Crippen molar-refractivity contribution in [2.24, 2.45) is 0 Å². The molecule has 3 unspecified atom stereocenters. The molecular weight excluding hydrogens is 524 g/mol. The molecular formula is C22H23F6N7O3. The van der Waals surface area contributed by atoms with Gasteiger partial charge in [0.2, 0.25) is 5.95 Å². The van der Waals surface area contributed by atoms with Gasteiger partial charge in [-0.05, 0) is 25.8 Å². The molecule has 0 radical (unpaired) electrons. The van der Waals surface area contributed by atoms with Crippen molar-refractivity contribution in [1.29, 1.82) is 0 Å². The van der Waals surface area contributed by atoms with Gasteiger partial charge < -0.3 is 19.9 Å². The smallest absolute Gasteiger partial charge is 0.423 e. The summed E-state index contributed by atoms with van der Waals surface area (Å²) in [6.07, 6.45) is -3.34. The van der Waals surface area contributed by atoms with E-state index in [9.17, 15) is 35.9 Å². The molecule has 0 saturated carbocycles. The molecule has 2 saturated heterocycles. The summed E-state index contributed by atoms with van der Waals surface area (Å²) >= 11 is 0. The van der Waals surface area contributed by atoms with Crippen molar-refractivity contribution in [3.63, 3.8) is 0 Å². The highest BCUT2D eigenvalue weighted by molar-refractivity contribution is 5.68. The molecule has 38 heavy (non-hydrogen) atoms. The zero-order valence-corrected chi connectivity index (χ0v) is 19.9. The van der Waals surface area contributed by atoms with Crippen LogP contribution in [0.3, 0.4) is 0 Å². The van der Waals surface area contributed by atoms with Gasteiger partial charge in [0.1, 0.15) is 12.2 Å². The number of amides is 1. The average Bonchev–Trinajstić information content (AvgIpc) is 3.09. The second-order valence-corrected chi connectivity index (χ2v) is 8.89. The number of carbonyl (C=O) groups is 1. The van der Waals surface area contributed by atoms with Gasteiger partial charge in [-0.1, -0.05) is 6.08 Å². The van der Waals surface area contributed by atoms with Crippen LogP contribution in [0.5, 0.6) is 0 Å². The highest BCUT2D eigenvalue weighted by Gasteiger charge is 2.43. The number of carbonyl (C=O) groups excluding carboxylic acids is 1. The molecule has 0 spiro atoms. The molecule has 0 aliphatic carbocycles. The van der Waals surface area contributed by atoms with E-state index < -0.39 is 46.9 Å². The number of alkyl halides is 6. The van der Waals surface area contributed by atoms with Gasteiger partial charge in [0.05, 0.1) is 29.5 Å². The Kier molecular flexibility index (Phi) is 7.51. The number of rotatable bonds is 6. The van der Waals surface area contributed by atoms with E-state index in [2.05, 4.69) is 20.4 Å². The molecule has 10 nitrogen and oxygen atoms in total. The topological polar surface area (TPSA) is 116 Å². The molecule has 3 atom stereocenters. The SMILES string of the molecule is CC(/C=C/COC(=O)N1CC2CCC(C1)N2c1ncc(C(F)(F)F)cn1)Nc1cn[nH]c(=O)c1C(F)(F)F. The Hall–Kier alpha value is -3.85. The number of halogens is 6. The third-order valence-electron chi connectivity index (χ3n) is 6.19. The lowest BCUT2D eigenvalue weighted by molar-refractivity contribution is -0.139. The lowest BCUT2D eigenvalue weighted by Gasteiger charge is -2.40. The minimum atomic E-state index is -4.88. The van der Waals surface area contributed by atoms with E-state index in [1.807, 2.05) is 4.90 Å². The lowest BCUT2D eigenvalue weighted by atomic mass is 10.2. The third kappa shape index (κ3) is 5.99. The van der Waals surface area contributed by atoms with Crippen molar-refractivity contribution in [2.75, 3.05) is 29.9 Å². The maximum atomic E-state index is 13.2. The molecule has 0 aromatic carbocycles. The molecule has 2 aromatic rings. The Morgan fingerprint density at radius 2 is 1.76 bits per heavy atom. The van der Waals surface area contributed by atoms with Crippen molar-refractivity contribution in [3.8, 4) is 0 Å². The van der Waals surface area contributed by atoms with Crippen LogP contribution in [-0.2, 0) is 17.1 Å². The average molecular weight is 547 g/mol. The number of ether oxygens (including phenoxy) is 1.